The van der Waals surface area contributed by atoms with E-state index in [-0.39, 0.29) is 40.3 Å². The molecule has 0 aliphatic heterocycles. The van der Waals surface area contributed by atoms with Crippen molar-refractivity contribution in [2.24, 2.45) is 11.8 Å². The van der Waals surface area contributed by atoms with Gasteiger partial charge in [0.25, 0.3) is 0 Å². The molecule has 37 heavy (non-hydrogen) atoms. The van der Waals surface area contributed by atoms with Gasteiger partial charge in [-0.1, -0.05) is 32.4 Å². The highest BCUT2D eigenvalue weighted by atomic mass is 35.5. The molecule has 0 spiro atoms. The van der Waals surface area contributed by atoms with Gasteiger partial charge in [0.05, 0.1) is 13.0 Å². The van der Waals surface area contributed by atoms with Crippen LogP contribution in [0.15, 0.2) is 30.5 Å². The predicted molar refractivity (Wildman–Crippen MR) is 136 cm³/mol. The highest BCUT2D eigenvalue weighted by molar-refractivity contribution is 6.30. The summed E-state index contributed by atoms with van der Waals surface area (Å²) in [5.41, 5.74) is -0.122. The van der Waals surface area contributed by atoms with E-state index in [0.717, 1.165) is 12.8 Å². The maximum atomic E-state index is 13.8. The van der Waals surface area contributed by atoms with E-state index in [4.69, 9.17) is 30.5 Å². The first-order valence-corrected chi connectivity index (χ1v) is 12.5. The number of ether oxygens (including phenoxy) is 4. The number of pyridine rings is 1. The van der Waals surface area contributed by atoms with Crippen molar-refractivity contribution in [1.29, 1.82) is 0 Å². The lowest BCUT2D eigenvalue weighted by atomic mass is 9.92. The molecule has 0 aliphatic carbocycles. The quantitative estimate of drug-likeness (QED) is 0.232. The summed E-state index contributed by atoms with van der Waals surface area (Å²) in [6, 6.07) is 5.35. The number of hydrogen-bond acceptors (Lipinski definition) is 8. The fourth-order valence-electron chi connectivity index (χ4n) is 3.94. The van der Waals surface area contributed by atoms with Crippen LogP contribution in [0.5, 0.6) is 17.2 Å². The number of halogens is 2. The third kappa shape index (κ3) is 8.42. The predicted octanol–water partition coefficient (Wildman–Crippen LogP) is 5.83. The van der Waals surface area contributed by atoms with E-state index in [2.05, 4.69) is 4.98 Å². The van der Waals surface area contributed by atoms with Crippen LogP contribution in [0.2, 0.25) is 5.02 Å². The monoisotopic (exact) mass is 537 g/mol. The molecule has 0 saturated heterocycles. The molecule has 0 fully saturated rings. The number of benzene rings is 1. The van der Waals surface area contributed by atoms with E-state index in [1.165, 1.54) is 44.5 Å². The third-order valence-electron chi connectivity index (χ3n) is 5.88. The minimum absolute atomic E-state index is 0.00838. The number of nitrogens with zero attached hydrogens (tertiary/aromatic N) is 1. The van der Waals surface area contributed by atoms with Crippen molar-refractivity contribution in [2.45, 2.75) is 66.1 Å². The van der Waals surface area contributed by atoms with Crippen LogP contribution >= 0.6 is 11.6 Å². The molecular weight excluding hydrogens is 505 g/mol. The Balaban J connectivity index is 2.17. The highest BCUT2D eigenvalue weighted by Gasteiger charge is 2.32. The molecule has 8 nitrogen and oxygen atoms in total. The second-order valence-electron chi connectivity index (χ2n) is 8.72. The van der Waals surface area contributed by atoms with Gasteiger partial charge in [-0.25, -0.2) is 9.37 Å². The van der Waals surface area contributed by atoms with Crippen LogP contribution < -0.4 is 14.2 Å². The lowest BCUT2D eigenvalue weighted by Crippen LogP contribution is -2.40. The number of methoxy groups -OCH3 is 1. The zero-order valence-electron chi connectivity index (χ0n) is 21.9. The van der Waals surface area contributed by atoms with Crippen LogP contribution in [0, 0.1) is 17.7 Å². The maximum Gasteiger partial charge on any atom is 0.309 e. The number of esters is 2. The number of ketones is 1. The average molecular weight is 538 g/mol. The normalized spacial score (nSPS) is 13.4. The Morgan fingerprint density at radius 2 is 1.78 bits per heavy atom. The lowest BCUT2D eigenvalue weighted by molar-refractivity contribution is -0.158. The molecule has 1 aromatic heterocycles. The van der Waals surface area contributed by atoms with Crippen LogP contribution in [-0.2, 0) is 14.3 Å². The fraction of sp³-hybridized carbons (Fsp3) is 0.481. The summed E-state index contributed by atoms with van der Waals surface area (Å²) >= 11 is 5.97. The number of hydrogen-bond donors (Lipinski definition) is 0. The lowest BCUT2D eigenvalue weighted by Gasteiger charge is -2.31. The third-order valence-corrected chi connectivity index (χ3v) is 6.10. The summed E-state index contributed by atoms with van der Waals surface area (Å²) in [6.45, 7) is 8.41. The Bertz CT molecular complexity index is 1090. The van der Waals surface area contributed by atoms with Gasteiger partial charge in [0.1, 0.15) is 23.8 Å². The number of aromatic nitrogens is 1. The Morgan fingerprint density at radius 3 is 2.35 bits per heavy atom. The van der Waals surface area contributed by atoms with E-state index in [9.17, 15) is 18.8 Å². The molecule has 2 aromatic rings. The van der Waals surface area contributed by atoms with Gasteiger partial charge in [0, 0.05) is 36.7 Å². The first kappa shape index (κ1) is 30.0. The smallest absolute Gasteiger partial charge is 0.309 e. The molecule has 0 aliphatic rings. The molecule has 0 unspecified atom stereocenters. The highest BCUT2D eigenvalue weighted by Crippen LogP contribution is 2.32. The van der Waals surface area contributed by atoms with Crippen molar-refractivity contribution in [3.8, 4) is 17.2 Å². The summed E-state index contributed by atoms with van der Waals surface area (Å²) in [5.74, 6) is -2.85. The van der Waals surface area contributed by atoms with Gasteiger partial charge < -0.3 is 18.9 Å². The van der Waals surface area contributed by atoms with E-state index >= 15 is 0 Å². The number of Topliss-reactive ketones (excluding diaryl/α,β-unsaturated/α-hetero) is 1. The Morgan fingerprint density at radius 1 is 1.11 bits per heavy atom. The number of carbonyl (C=O) groups is 3. The molecule has 3 atom stereocenters. The molecule has 2 rings (SSSR count). The second kappa shape index (κ2) is 13.9. The van der Waals surface area contributed by atoms with Crippen molar-refractivity contribution in [2.75, 3.05) is 7.11 Å². The minimum atomic E-state index is -0.834. The molecule has 10 heteroatoms. The molecule has 202 valence electrons. The first-order valence-electron chi connectivity index (χ1n) is 12.1. The van der Waals surface area contributed by atoms with Gasteiger partial charge in [-0.05, 0) is 37.8 Å². The molecule has 1 heterocycles. The van der Waals surface area contributed by atoms with Crippen molar-refractivity contribution in [1.82, 2.24) is 4.98 Å². The van der Waals surface area contributed by atoms with Gasteiger partial charge in [0.15, 0.2) is 17.2 Å². The standard InChI is InChI=1S/C27H33ClFNO7/c1-7-18(8-2)25(37-21-13-19(28)12-20(29)14-21)16(4)35-27(33)15(3)11-22(32)24-26(36-17(5)31)23(34-6)9-10-30-24/h9-10,12-16,18,25H,7-8,11H2,1-6H3/t15-,16+,25+/m1/s1. The average Bonchev–Trinajstić information content (AvgIpc) is 2.83. The van der Waals surface area contributed by atoms with Crippen LogP contribution in [0.1, 0.15) is 64.4 Å². The molecule has 0 radical (unpaired) electrons. The molecule has 0 amide bonds. The molecule has 0 saturated carbocycles. The Labute approximate surface area is 221 Å². The van der Waals surface area contributed by atoms with E-state index in [0.29, 0.717) is 0 Å². The number of carbonyl (C=O) groups excluding carboxylic acids is 3. The summed E-state index contributed by atoms with van der Waals surface area (Å²) < 4.78 is 35.9. The SMILES string of the molecule is CCC(CC)[C@@H](Oc1cc(F)cc(Cl)c1)[C@H](C)OC(=O)[C@H](C)CC(=O)c1nccc(OC)c1OC(C)=O. The molecule has 0 bridgehead atoms. The van der Waals surface area contributed by atoms with E-state index in [1.807, 2.05) is 13.8 Å². The zero-order chi connectivity index (χ0) is 27.7. The van der Waals surface area contributed by atoms with Crippen LogP contribution in [0.25, 0.3) is 0 Å². The van der Waals surface area contributed by atoms with Crippen LogP contribution in [-0.4, -0.2) is 42.0 Å². The van der Waals surface area contributed by atoms with Gasteiger partial charge in [0.2, 0.25) is 5.75 Å². The zero-order valence-corrected chi connectivity index (χ0v) is 22.6. The van der Waals surface area contributed by atoms with Gasteiger partial charge in [-0.15, -0.1) is 0 Å². The summed E-state index contributed by atoms with van der Waals surface area (Å²) in [4.78, 5) is 41.4. The van der Waals surface area contributed by atoms with E-state index < -0.39 is 41.7 Å². The van der Waals surface area contributed by atoms with Gasteiger partial charge in [-0.2, -0.15) is 0 Å². The maximum absolute atomic E-state index is 13.8. The fourth-order valence-corrected chi connectivity index (χ4v) is 4.15. The second-order valence-corrected chi connectivity index (χ2v) is 9.16. The summed E-state index contributed by atoms with van der Waals surface area (Å²) in [7, 11) is 1.37. The van der Waals surface area contributed by atoms with Crippen molar-refractivity contribution in [3.63, 3.8) is 0 Å². The summed E-state index contributed by atoms with van der Waals surface area (Å²) in [5, 5.41) is 0.189. The Kier molecular flexibility index (Phi) is 11.3. The first-order chi connectivity index (χ1) is 17.5. The Hall–Kier alpha value is -3.20. The van der Waals surface area contributed by atoms with Crippen LogP contribution in [0.3, 0.4) is 0 Å². The molecular formula is C27H33ClFNO7. The van der Waals surface area contributed by atoms with Crippen LogP contribution in [0.4, 0.5) is 4.39 Å². The molecule has 0 N–H and O–H groups in total. The van der Waals surface area contributed by atoms with Gasteiger partial charge >= 0.3 is 11.9 Å². The van der Waals surface area contributed by atoms with Gasteiger partial charge in [-0.3, -0.25) is 14.4 Å². The largest absolute Gasteiger partial charge is 0.493 e. The summed E-state index contributed by atoms with van der Waals surface area (Å²) in [6.07, 6.45) is 1.30. The van der Waals surface area contributed by atoms with Crippen molar-refractivity contribution >= 4 is 29.3 Å². The van der Waals surface area contributed by atoms with Crippen molar-refractivity contribution in [3.05, 3.63) is 47.0 Å². The number of rotatable bonds is 13. The minimum Gasteiger partial charge on any atom is -0.493 e. The molecule has 1 aromatic carbocycles. The van der Waals surface area contributed by atoms with Crippen molar-refractivity contribution < 1.29 is 37.7 Å². The topological polar surface area (TPSA) is 101 Å². The van der Waals surface area contributed by atoms with E-state index in [1.54, 1.807) is 13.8 Å².